The van der Waals surface area contributed by atoms with E-state index in [1.165, 1.54) is 22.2 Å². The quantitative estimate of drug-likeness (QED) is 0.201. The number of carboxylic acids is 2. The smallest absolute Gasteiger partial charge is 0.335 e. The third kappa shape index (κ3) is 5.30. The number of hydrogen-bond acceptors (Lipinski definition) is 7. The third-order valence-corrected chi connectivity index (χ3v) is 6.74. The second-order valence-corrected chi connectivity index (χ2v) is 9.30. The molecule has 0 spiro atoms. The summed E-state index contributed by atoms with van der Waals surface area (Å²) >= 11 is 1.71. The Morgan fingerprint density at radius 1 is 0.842 bits per heavy atom. The minimum absolute atomic E-state index is 0.246. The van der Waals surface area contributed by atoms with Crippen molar-refractivity contribution in [2.45, 2.75) is 0 Å². The maximum Gasteiger partial charge on any atom is 0.335 e. The first-order valence-corrected chi connectivity index (χ1v) is 12.2. The highest BCUT2D eigenvalue weighted by atomic mass is 32.1. The zero-order chi connectivity index (χ0) is 26.6. The van der Waals surface area contributed by atoms with Gasteiger partial charge < -0.3 is 21.3 Å². The van der Waals surface area contributed by atoms with E-state index in [9.17, 15) is 9.59 Å². The van der Waals surface area contributed by atoms with Crippen molar-refractivity contribution in [2.75, 3.05) is 11.1 Å². The van der Waals surface area contributed by atoms with Crippen molar-refractivity contribution in [3.8, 4) is 10.6 Å². The standard InChI is InChI=1S/C21H14N4O2S.C7H7NO2/c26-21(27)13-5-7-15(8-6-13)23-19-9-10-20-22-12-16(25(20)24-19)18-11-14-3-1-2-4-17(14)28-18;8-6-3-1-5(2-4-6)7(9)10/h1-12H,(H,23,24)(H,26,27);1-4H,8H2,(H,9,10). The zero-order valence-corrected chi connectivity index (χ0v) is 20.6. The minimum atomic E-state index is -0.947. The lowest BCUT2D eigenvalue weighted by Crippen LogP contribution is -2.01. The molecule has 0 aliphatic rings. The van der Waals surface area contributed by atoms with Crippen molar-refractivity contribution in [3.63, 3.8) is 0 Å². The Labute approximate surface area is 220 Å². The number of benzene rings is 3. The summed E-state index contributed by atoms with van der Waals surface area (Å²) in [6.07, 6.45) is 1.83. The third-order valence-electron chi connectivity index (χ3n) is 5.60. The van der Waals surface area contributed by atoms with E-state index < -0.39 is 11.9 Å². The number of imidazole rings is 1. The average molecular weight is 524 g/mol. The molecule has 188 valence electrons. The van der Waals surface area contributed by atoms with Gasteiger partial charge in [0.2, 0.25) is 0 Å². The Morgan fingerprint density at radius 3 is 2.16 bits per heavy atom. The van der Waals surface area contributed by atoms with E-state index in [4.69, 9.17) is 15.9 Å². The van der Waals surface area contributed by atoms with Crippen LogP contribution >= 0.6 is 11.3 Å². The monoisotopic (exact) mass is 523 g/mol. The predicted molar refractivity (Wildman–Crippen MR) is 148 cm³/mol. The van der Waals surface area contributed by atoms with E-state index in [1.807, 2.05) is 35.0 Å². The number of carboxylic acid groups (broad SMARTS) is 2. The van der Waals surface area contributed by atoms with Crippen LogP contribution in [0.1, 0.15) is 20.7 Å². The molecule has 0 aliphatic carbocycles. The zero-order valence-electron chi connectivity index (χ0n) is 19.8. The molecule has 3 heterocycles. The van der Waals surface area contributed by atoms with E-state index in [-0.39, 0.29) is 11.1 Å². The van der Waals surface area contributed by atoms with Gasteiger partial charge in [-0.3, -0.25) is 0 Å². The largest absolute Gasteiger partial charge is 0.478 e. The summed E-state index contributed by atoms with van der Waals surface area (Å²) in [6.45, 7) is 0. The fraction of sp³-hybridized carbons (Fsp3) is 0. The molecule has 6 aromatic rings. The van der Waals surface area contributed by atoms with Gasteiger partial charge in [0.25, 0.3) is 0 Å². The lowest BCUT2D eigenvalue weighted by Gasteiger charge is -2.07. The van der Waals surface area contributed by atoms with Gasteiger partial charge >= 0.3 is 11.9 Å². The Morgan fingerprint density at radius 2 is 1.50 bits per heavy atom. The molecule has 0 bridgehead atoms. The number of nitrogens with two attached hydrogens (primary N) is 1. The molecule has 0 saturated carbocycles. The minimum Gasteiger partial charge on any atom is -0.478 e. The Bertz CT molecular complexity index is 1730. The van der Waals surface area contributed by atoms with Crippen LogP contribution in [0.5, 0.6) is 0 Å². The van der Waals surface area contributed by atoms with Gasteiger partial charge in [0, 0.05) is 16.1 Å². The Hall–Kier alpha value is -5.22. The highest BCUT2D eigenvalue weighted by Crippen LogP contribution is 2.33. The van der Waals surface area contributed by atoms with Gasteiger partial charge in [0.15, 0.2) is 11.5 Å². The molecule has 9 nitrogen and oxygen atoms in total. The number of anilines is 3. The summed E-state index contributed by atoms with van der Waals surface area (Å²) in [7, 11) is 0. The lowest BCUT2D eigenvalue weighted by molar-refractivity contribution is 0.0686. The van der Waals surface area contributed by atoms with Gasteiger partial charge in [-0.1, -0.05) is 18.2 Å². The number of aromatic nitrogens is 3. The highest BCUT2D eigenvalue weighted by molar-refractivity contribution is 7.22. The van der Waals surface area contributed by atoms with Crippen molar-refractivity contribution in [1.82, 2.24) is 14.6 Å². The first-order chi connectivity index (χ1) is 18.4. The lowest BCUT2D eigenvalue weighted by atomic mass is 10.2. The van der Waals surface area contributed by atoms with Crippen LogP contribution in [0.2, 0.25) is 0 Å². The summed E-state index contributed by atoms with van der Waals surface area (Å²) in [5.74, 6) is -1.23. The molecule has 0 aliphatic heterocycles. The topological polar surface area (TPSA) is 143 Å². The first kappa shape index (κ1) is 24.5. The number of aromatic carboxylic acids is 2. The molecule has 0 atom stereocenters. The van der Waals surface area contributed by atoms with Gasteiger partial charge in [-0.05, 0) is 78.2 Å². The summed E-state index contributed by atoms with van der Waals surface area (Å²) in [5.41, 5.74) is 8.87. The van der Waals surface area contributed by atoms with Gasteiger partial charge in [-0.2, -0.15) is 0 Å². The number of rotatable bonds is 5. The van der Waals surface area contributed by atoms with Crippen LogP contribution in [0.25, 0.3) is 26.3 Å². The average Bonchev–Trinajstić information content (AvgIpc) is 3.53. The Balaban J connectivity index is 0.000000249. The molecule has 0 fully saturated rings. The molecule has 6 rings (SSSR count). The van der Waals surface area contributed by atoms with Crippen LogP contribution in [0.4, 0.5) is 17.2 Å². The van der Waals surface area contributed by atoms with Crippen molar-refractivity contribution in [1.29, 1.82) is 0 Å². The number of fused-ring (bicyclic) bond motifs is 2. The van der Waals surface area contributed by atoms with E-state index in [2.05, 4.69) is 33.6 Å². The fourth-order valence-electron chi connectivity index (χ4n) is 3.69. The molecule has 0 radical (unpaired) electrons. The number of thiophene rings is 1. The maximum absolute atomic E-state index is 11.0. The fourth-order valence-corrected chi connectivity index (χ4v) is 4.74. The Kier molecular flexibility index (Phi) is 6.70. The summed E-state index contributed by atoms with van der Waals surface area (Å²) < 4.78 is 3.04. The van der Waals surface area contributed by atoms with Crippen molar-refractivity contribution < 1.29 is 19.8 Å². The summed E-state index contributed by atoms with van der Waals surface area (Å²) in [6, 6.07) is 26.8. The van der Waals surface area contributed by atoms with Gasteiger partial charge in [-0.25, -0.2) is 19.1 Å². The van der Waals surface area contributed by atoms with Crippen LogP contribution in [-0.4, -0.2) is 36.7 Å². The second kappa shape index (κ2) is 10.4. The van der Waals surface area contributed by atoms with Crippen molar-refractivity contribution >= 4 is 56.2 Å². The van der Waals surface area contributed by atoms with Crippen molar-refractivity contribution in [3.05, 3.63) is 108 Å². The predicted octanol–water partition coefficient (Wildman–Crippen LogP) is 6.02. The number of carbonyl (C=O) groups is 2. The van der Waals surface area contributed by atoms with E-state index in [0.29, 0.717) is 11.5 Å². The number of nitrogen functional groups attached to an aromatic ring is 1. The summed E-state index contributed by atoms with van der Waals surface area (Å²) in [5, 5.41) is 26.5. The van der Waals surface area contributed by atoms with Gasteiger partial charge in [-0.15, -0.1) is 16.4 Å². The highest BCUT2D eigenvalue weighted by Gasteiger charge is 2.11. The van der Waals surface area contributed by atoms with E-state index in [1.54, 1.807) is 47.7 Å². The molecule has 0 saturated heterocycles. The molecule has 5 N–H and O–H groups in total. The van der Waals surface area contributed by atoms with E-state index in [0.717, 1.165) is 21.9 Å². The molecule has 3 aromatic heterocycles. The molecule has 3 aromatic carbocycles. The molecule has 10 heteroatoms. The second-order valence-electron chi connectivity index (χ2n) is 8.22. The maximum atomic E-state index is 11.0. The van der Waals surface area contributed by atoms with Crippen LogP contribution < -0.4 is 11.1 Å². The van der Waals surface area contributed by atoms with E-state index >= 15 is 0 Å². The number of hydrogen-bond donors (Lipinski definition) is 4. The number of nitrogens with zero attached hydrogens (tertiary/aromatic N) is 3. The van der Waals surface area contributed by atoms with Crippen LogP contribution in [0, 0.1) is 0 Å². The summed E-state index contributed by atoms with van der Waals surface area (Å²) in [4.78, 5) is 26.8. The number of nitrogens with one attached hydrogen (secondary N) is 1. The van der Waals surface area contributed by atoms with Gasteiger partial charge in [0.1, 0.15) is 5.69 Å². The molecule has 0 amide bonds. The molecule has 38 heavy (non-hydrogen) atoms. The van der Waals surface area contributed by atoms with Crippen LogP contribution in [0.15, 0.2) is 97.2 Å². The van der Waals surface area contributed by atoms with Gasteiger partial charge in [0.05, 0.1) is 22.2 Å². The molecule has 0 unspecified atom stereocenters. The SMILES string of the molecule is Nc1ccc(C(=O)O)cc1.O=C(O)c1ccc(Nc2ccc3ncc(-c4cc5ccccc5s4)n3n2)cc1. The first-order valence-electron chi connectivity index (χ1n) is 11.4. The molecular formula is C28H21N5O4S. The van der Waals surface area contributed by atoms with Crippen LogP contribution in [-0.2, 0) is 0 Å². The normalized spacial score (nSPS) is 10.6. The molecular weight excluding hydrogens is 502 g/mol. The van der Waals surface area contributed by atoms with Crippen molar-refractivity contribution in [2.24, 2.45) is 0 Å². The van der Waals surface area contributed by atoms with Crippen LogP contribution in [0.3, 0.4) is 0 Å².